The molecule has 4 rings (SSSR count). The monoisotopic (exact) mass is 284 g/mol. The van der Waals surface area contributed by atoms with Gasteiger partial charge in [0.25, 0.3) is 0 Å². The molecule has 2 heterocycles. The van der Waals surface area contributed by atoms with Gasteiger partial charge in [0.05, 0.1) is 5.69 Å². The average molecular weight is 284 g/mol. The predicted octanol–water partition coefficient (Wildman–Crippen LogP) is 2.11. The van der Waals surface area contributed by atoms with Crippen LogP contribution in [0.1, 0.15) is 24.0 Å². The lowest BCUT2D eigenvalue weighted by molar-refractivity contribution is 0.495. The van der Waals surface area contributed by atoms with E-state index in [2.05, 4.69) is 9.88 Å². The molecule has 2 aromatic rings. The topological polar surface area (TPSA) is 55.0 Å². The van der Waals surface area contributed by atoms with Gasteiger partial charge >= 0.3 is 0 Å². The first-order valence-corrected chi connectivity index (χ1v) is 7.36. The van der Waals surface area contributed by atoms with Gasteiger partial charge in [-0.2, -0.15) is 0 Å². The second-order valence-electron chi connectivity index (χ2n) is 5.85. The molecule has 0 spiro atoms. The Kier molecular flexibility index (Phi) is 2.89. The number of halogens is 1. The fourth-order valence-corrected chi connectivity index (χ4v) is 3.16. The smallest absolute Gasteiger partial charge is 0.225 e. The highest BCUT2D eigenvalue weighted by Gasteiger charge is 2.24. The minimum absolute atomic E-state index is 0.195. The number of hydrogen-bond donors (Lipinski definition) is 1. The second kappa shape index (κ2) is 4.77. The van der Waals surface area contributed by atoms with E-state index in [-0.39, 0.29) is 5.82 Å². The molecule has 1 aliphatic carbocycles. The zero-order valence-corrected chi connectivity index (χ0v) is 11.7. The third kappa shape index (κ3) is 2.17. The molecule has 2 aliphatic rings. The lowest BCUT2D eigenvalue weighted by atomic mass is 10.1. The summed E-state index contributed by atoms with van der Waals surface area (Å²) in [5, 5.41) is 0. The third-order valence-electron chi connectivity index (χ3n) is 4.38. The van der Waals surface area contributed by atoms with Crippen molar-refractivity contribution in [2.24, 2.45) is 5.73 Å². The molecule has 0 saturated carbocycles. The van der Waals surface area contributed by atoms with Crippen molar-refractivity contribution in [3.63, 3.8) is 0 Å². The van der Waals surface area contributed by atoms with Crippen LogP contribution in [0.25, 0.3) is 11.3 Å². The van der Waals surface area contributed by atoms with Crippen LogP contribution in [0.5, 0.6) is 0 Å². The summed E-state index contributed by atoms with van der Waals surface area (Å²) in [6.45, 7) is 1.80. The number of rotatable bonds is 1. The van der Waals surface area contributed by atoms with Gasteiger partial charge in [0.2, 0.25) is 5.95 Å². The van der Waals surface area contributed by atoms with E-state index in [4.69, 9.17) is 10.7 Å². The number of benzene rings is 1. The average Bonchev–Trinajstić information content (AvgIpc) is 2.84. The Morgan fingerprint density at radius 1 is 1.19 bits per heavy atom. The SMILES string of the molecule is NC1CCN(c2ncc3c(n2)-c2ccc(F)cc2C3)CC1. The van der Waals surface area contributed by atoms with Crippen LogP contribution in [0, 0.1) is 5.82 Å². The van der Waals surface area contributed by atoms with Crippen molar-refractivity contribution in [3.8, 4) is 11.3 Å². The standard InChI is InChI=1S/C16H17FN4/c17-12-1-2-14-10(8-12)7-11-9-19-16(20-15(11)14)21-5-3-13(18)4-6-21/h1-2,8-9,13H,3-7,18H2. The molecular formula is C16H17FN4. The Bertz CT molecular complexity index is 693. The fourth-order valence-electron chi connectivity index (χ4n) is 3.16. The summed E-state index contributed by atoms with van der Waals surface area (Å²) in [5.41, 5.74) is 9.99. The quantitative estimate of drug-likeness (QED) is 0.743. The van der Waals surface area contributed by atoms with Gasteiger partial charge in [-0.05, 0) is 36.6 Å². The molecule has 108 valence electrons. The largest absolute Gasteiger partial charge is 0.341 e. The van der Waals surface area contributed by atoms with E-state index in [0.717, 1.165) is 54.3 Å². The minimum Gasteiger partial charge on any atom is -0.341 e. The molecule has 1 saturated heterocycles. The highest BCUT2D eigenvalue weighted by molar-refractivity contribution is 5.73. The Hall–Kier alpha value is -2.01. The maximum absolute atomic E-state index is 13.3. The van der Waals surface area contributed by atoms with Crippen molar-refractivity contribution in [3.05, 3.63) is 41.3 Å². The fraction of sp³-hybridized carbons (Fsp3) is 0.375. The number of piperidine rings is 1. The van der Waals surface area contributed by atoms with Crippen molar-refractivity contribution >= 4 is 5.95 Å². The van der Waals surface area contributed by atoms with Crippen molar-refractivity contribution in [1.29, 1.82) is 0 Å². The molecule has 1 aromatic carbocycles. The van der Waals surface area contributed by atoms with Gasteiger partial charge in [-0.3, -0.25) is 0 Å². The number of nitrogens with zero attached hydrogens (tertiary/aromatic N) is 3. The molecule has 0 amide bonds. The van der Waals surface area contributed by atoms with Crippen LogP contribution in [-0.4, -0.2) is 29.1 Å². The molecule has 0 atom stereocenters. The van der Waals surface area contributed by atoms with Crippen LogP contribution >= 0.6 is 0 Å². The van der Waals surface area contributed by atoms with Crippen molar-refractivity contribution in [2.75, 3.05) is 18.0 Å². The summed E-state index contributed by atoms with van der Waals surface area (Å²) in [6, 6.07) is 5.20. The number of nitrogens with two attached hydrogens (primary N) is 1. The zero-order valence-electron chi connectivity index (χ0n) is 11.7. The van der Waals surface area contributed by atoms with Crippen LogP contribution in [0.3, 0.4) is 0 Å². The van der Waals surface area contributed by atoms with E-state index < -0.39 is 0 Å². The Morgan fingerprint density at radius 3 is 2.81 bits per heavy atom. The molecule has 5 heteroatoms. The lowest BCUT2D eigenvalue weighted by Crippen LogP contribution is -2.40. The Labute approximate surface area is 122 Å². The molecule has 21 heavy (non-hydrogen) atoms. The Balaban J connectivity index is 1.69. The summed E-state index contributed by atoms with van der Waals surface area (Å²) in [6.07, 6.45) is 4.54. The molecule has 0 unspecified atom stereocenters. The molecule has 1 aliphatic heterocycles. The molecule has 2 N–H and O–H groups in total. The summed E-state index contributed by atoms with van der Waals surface area (Å²) in [7, 11) is 0. The maximum Gasteiger partial charge on any atom is 0.225 e. The van der Waals surface area contributed by atoms with Crippen molar-refractivity contribution in [2.45, 2.75) is 25.3 Å². The zero-order chi connectivity index (χ0) is 14.4. The van der Waals surface area contributed by atoms with E-state index in [9.17, 15) is 4.39 Å². The van der Waals surface area contributed by atoms with E-state index in [1.165, 1.54) is 6.07 Å². The number of hydrogen-bond acceptors (Lipinski definition) is 4. The summed E-state index contributed by atoms with van der Waals surface area (Å²) in [5.74, 6) is 0.567. The molecular weight excluding hydrogens is 267 g/mol. The van der Waals surface area contributed by atoms with E-state index in [1.54, 1.807) is 6.07 Å². The molecule has 1 aromatic heterocycles. The van der Waals surface area contributed by atoms with E-state index in [0.29, 0.717) is 12.5 Å². The molecule has 4 nitrogen and oxygen atoms in total. The minimum atomic E-state index is -0.195. The highest BCUT2D eigenvalue weighted by Crippen LogP contribution is 2.36. The van der Waals surface area contributed by atoms with Crippen LogP contribution in [0.2, 0.25) is 0 Å². The first-order chi connectivity index (χ1) is 10.2. The van der Waals surface area contributed by atoms with E-state index >= 15 is 0 Å². The van der Waals surface area contributed by atoms with Gasteiger partial charge in [0.15, 0.2) is 0 Å². The number of anilines is 1. The van der Waals surface area contributed by atoms with Crippen LogP contribution in [0.15, 0.2) is 24.4 Å². The molecule has 1 fully saturated rings. The van der Waals surface area contributed by atoms with Crippen molar-refractivity contribution < 1.29 is 4.39 Å². The number of fused-ring (bicyclic) bond motifs is 3. The maximum atomic E-state index is 13.3. The number of aromatic nitrogens is 2. The normalized spacial score (nSPS) is 17.7. The van der Waals surface area contributed by atoms with Gasteiger partial charge in [-0.25, -0.2) is 14.4 Å². The third-order valence-corrected chi connectivity index (χ3v) is 4.38. The molecule has 0 bridgehead atoms. The van der Waals surface area contributed by atoms with Gasteiger partial charge in [-0.1, -0.05) is 0 Å². The van der Waals surface area contributed by atoms with Gasteiger partial charge < -0.3 is 10.6 Å². The lowest BCUT2D eigenvalue weighted by Gasteiger charge is -2.30. The van der Waals surface area contributed by atoms with Crippen LogP contribution < -0.4 is 10.6 Å². The first kappa shape index (κ1) is 12.7. The highest BCUT2D eigenvalue weighted by atomic mass is 19.1. The van der Waals surface area contributed by atoms with Crippen molar-refractivity contribution in [1.82, 2.24) is 9.97 Å². The van der Waals surface area contributed by atoms with Crippen LogP contribution in [-0.2, 0) is 6.42 Å². The van der Waals surface area contributed by atoms with Gasteiger partial charge in [-0.15, -0.1) is 0 Å². The second-order valence-corrected chi connectivity index (χ2v) is 5.85. The van der Waals surface area contributed by atoms with Gasteiger partial charge in [0, 0.05) is 42.9 Å². The van der Waals surface area contributed by atoms with Gasteiger partial charge in [0.1, 0.15) is 5.82 Å². The predicted molar refractivity (Wildman–Crippen MR) is 79.7 cm³/mol. The Morgan fingerprint density at radius 2 is 2.00 bits per heavy atom. The summed E-state index contributed by atoms with van der Waals surface area (Å²) < 4.78 is 13.3. The summed E-state index contributed by atoms with van der Waals surface area (Å²) in [4.78, 5) is 11.4. The first-order valence-electron chi connectivity index (χ1n) is 7.36. The summed E-state index contributed by atoms with van der Waals surface area (Å²) >= 11 is 0. The van der Waals surface area contributed by atoms with Crippen LogP contribution in [0.4, 0.5) is 10.3 Å². The van der Waals surface area contributed by atoms with E-state index in [1.807, 2.05) is 12.3 Å². The molecule has 0 radical (unpaired) electrons.